The van der Waals surface area contributed by atoms with Crippen molar-refractivity contribution >= 4 is 17.9 Å². The van der Waals surface area contributed by atoms with Gasteiger partial charge in [0.15, 0.2) is 24.5 Å². The Morgan fingerprint density at radius 2 is 1.41 bits per heavy atom. The second-order valence-corrected chi connectivity index (χ2v) is 4.66. The van der Waals surface area contributed by atoms with Crippen LogP contribution in [0.5, 0.6) is 0 Å². The predicted octanol–water partition coefficient (Wildman–Crippen LogP) is 0.837. The van der Waals surface area contributed by atoms with E-state index in [1.807, 2.05) is 0 Å². The molecule has 10 heteroatoms. The Hall–Kier alpha value is -2.32. The summed E-state index contributed by atoms with van der Waals surface area (Å²) >= 11 is 0. The van der Waals surface area contributed by atoms with E-state index < -0.39 is 48.6 Å². The quantitative estimate of drug-likeness (QED) is 0.246. The molecule has 0 bridgehead atoms. The zero-order valence-electron chi connectivity index (χ0n) is 12.6. The lowest BCUT2D eigenvalue weighted by Gasteiger charge is -2.42. The normalized spacial score (nSPS) is 30.6. The van der Waals surface area contributed by atoms with Gasteiger partial charge >= 0.3 is 17.9 Å². The van der Waals surface area contributed by atoms with Gasteiger partial charge in [0, 0.05) is 25.7 Å². The number of carbonyl (C=O) groups is 3. The van der Waals surface area contributed by atoms with Gasteiger partial charge in [0.1, 0.15) is 0 Å². The van der Waals surface area contributed by atoms with Gasteiger partial charge in [-0.05, 0) is 12.5 Å². The number of hydrogen-bond acceptors (Lipinski definition) is 8. The lowest BCUT2D eigenvalue weighted by molar-refractivity contribution is -0.242. The molecule has 5 atom stereocenters. The Morgan fingerprint density at radius 1 is 0.955 bits per heavy atom. The Bertz CT molecular complexity index is 503. The molecule has 1 aliphatic rings. The van der Waals surface area contributed by atoms with Crippen molar-refractivity contribution in [1.29, 1.82) is 0 Å². The molecular formula is C12H17N3O7. The van der Waals surface area contributed by atoms with Gasteiger partial charge < -0.3 is 18.9 Å². The van der Waals surface area contributed by atoms with E-state index in [2.05, 4.69) is 10.0 Å². The smallest absolute Gasteiger partial charge is 0.303 e. The summed E-state index contributed by atoms with van der Waals surface area (Å²) in [5.41, 5.74) is 8.58. The summed E-state index contributed by atoms with van der Waals surface area (Å²) in [6.45, 7) is 5.01. The Labute approximate surface area is 126 Å². The van der Waals surface area contributed by atoms with Crippen LogP contribution in [0.1, 0.15) is 27.7 Å². The number of hydrogen-bond donors (Lipinski definition) is 0. The zero-order chi connectivity index (χ0) is 16.9. The second kappa shape index (κ2) is 7.62. The van der Waals surface area contributed by atoms with Gasteiger partial charge in [0.25, 0.3) is 0 Å². The lowest BCUT2D eigenvalue weighted by atomic mass is 9.98. The topological polar surface area (TPSA) is 137 Å². The van der Waals surface area contributed by atoms with Gasteiger partial charge in [-0.25, -0.2) is 0 Å². The third kappa shape index (κ3) is 4.61. The Kier molecular flexibility index (Phi) is 6.14. The van der Waals surface area contributed by atoms with Crippen LogP contribution in [0.3, 0.4) is 0 Å². The fourth-order valence-electron chi connectivity index (χ4n) is 2.13. The summed E-state index contributed by atoms with van der Waals surface area (Å²) in [5, 5.41) is 3.39. The molecule has 0 saturated carbocycles. The molecule has 1 rings (SSSR count). The van der Waals surface area contributed by atoms with E-state index in [1.54, 1.807) is 6.92 Å². The molecular weight excluding hydrogens is 298 g/mol. The molecule has 1 heterocycles. The fraction of sp³-hybridized carbons (Fsp3) is 0.750. The first-order valence-electron chi connectivity index (χ1n) is 6.47. The number of rotatable bonds is 4. The number of ether oxygens (including phenoxy) is 4. The van der Waals surface area contributed by atoms with Crippen molar-refractivity contribution in [3.63, 3.8) is 0 Å². The van der Waals surface area contributed by atoms with E-state index in [-0.39, 0.29) is 0 Å². The highest BCUT2D eigenvalue weighted by molar-refractivity contribution is 5.68. The Balaban J connectivity index is 3.18. The van der Waals surface area contributed by atoms with Crippen LogP contribution in [0.25, 0.3) is 10.4 Å². The molecule has 1 fully saturated rings. The van der Waals surface area contributed by atoms with Gasteiger partial charge in [-0.3, -0.25) is 14.4 Å². The molecule has 2 unspecified atom stereocenters. The number of carbonyl (C=O) groups excluding carboxylic acids is 3. The highest BCUT2D eigenvalue weighted by atomic mass is 16.6. The van der Waals surface area contributed by atoms with Crippen LogP contribution in [-0.2, 0) is 33.3 Å². The molecule has 0 N–H and O–H groups in total. The van der Waals surface area contributed by atoms with Crippen LogP contribution in [-0.4, -0.2) is 48.6 Å². The monoisotopic (exact) mass is 315 g/mol. The van der Waals surface area contributed by atoms with Crippen molar-refractivity contribution in [3.05, 3.63) is 10.4 Å². The minimum absolute atomic E-state index is 0.624. The standard InChI is InChI=1S/C12H17N3O7/c1-5-9(20-6(2)16)10(21-7(3)17)11(22-8(4)18)12(19-5)14-15-13/h5,9-12H,1-4H3/t5?,9-,10?,11+,12+/m1/s1. The van der Waals surface area contributed by atoms with E-state index >= 15 is 0 Å². The zero-order valence-corrected chi connectivity index (χ0v) is 12.6. The van der Waals surface area contributed by atoms with Crippen LogP contribution in [0.4, 0.5) is 0 Å². The van der Waals surface area contributed by atoms with Crippen LogP contribution in [0.2, 0.25) is 0 Å². The maximum absolute atomic E-state index is 11.3. The first kappa shape index (κ1) is 17.7. The summed E-state index contributed by atoms with van der Waals surface area (Å²) in [6, 6.07) is 0. The highest BCUT2D eigenvalue weighted by Gasteiger charge is 2.49. The van der Waals surface area contributed by atoms with Gasteiger partial charge in [-0.2, -0.15) is 0 Å². The largest absolute Gasteiger partial charge is 0.456 e. The third-order valence-electron chi connectivity index (χ3n) is 2.82. The summed E-state index contributed by atoms with van der Waals surface area (Å²) in [5.74, 6) is -1.99. The summed E-state index contributed by atoms with van der Waals surface area (Å²) < 4.78 is 20.6. The molecule has 22 heavy (non-hydrogen) atoms. The van der Waals surface area contributed by atoms with E-state index in [9.17, 15) is 14.4 Å². The number of azide groups is 1. The molecule has 0 aliphatic carbocycles. The van der Waals surface area contributed by atoms with Gasteiger partial charge in [0.2, 0.25) is 0 Å². The summed E-state index contributed by atoms with van der Waals surface area (Å²) in [7, 11) is 0. The molecule has 0 spiro atoms. The minimum Gasteiger partial charge on any atom is -0.456 e. The van der Waals surface area contributed by atoms with E-state index in [4.69, 9.17) is 24.5 Å². The minimum atomic E-state index is -1.22. The lowest BCUT2D eigenvalue weighted by Crippen LogP contribution is -2.59. The number of esters is 3. The molecule has 0 radical (unpaired) electrons. The van der Waals surface area contributed by atoms with E-state index in [0.29, 0.717) is 0 Å². The predicted molar refractivity (Wildman–Crippen MR) is 70.1 cm³/mol. The van der Waals surface area contributed by atoms with Crippen LogP contribution >= 0.6 is 0 Å². The average Bonchev–Trinajstić information content (AvgIpc) is 2.37. The van der Waals surface area contributed by atoms with Crippen molar-refractivity contribution < 1.29 is 33.3 Å². The van der Waals surface area contributed by atoms with Gasteiger partial charge in [-0.15, -0.1) is 0 Å². The SMILES string of the molecule is CC(=O)OC1[C@H](OC(C)=O)C(C)O[C@H](N=[N+]=[N-])[C@H]1OC(C)=O. The molecule has 0 amide bonds. The van der Waals surface area contributed by atoms with E-state index in [1.165, 1.54) is 6.92 Å². The van der Waals surface area contributed by atoms with Crippen LogP contribution in [0.15, 0.2) is 5.11 Å². The summed E-state index contributed by atoms with van der Waals surface area (Å²) in [4.78, 5) is 36.4. The third-order valence-corrected chi connectivity index (χ3v) is 2.82. The van der Waals surface area contributed by atoms with Crippen molar-refractivity contribution in [1.82, 2.24) is 0 Å². The molecule has 1 saturated heterocycles. The molecule has 122 valence electrons. The maximum Gasteiger partial charge on any atom is 0.303 e. The first-order chi connectivity index (χ1) is 10.3. The molecule has 1 aliphatic heterocycles. The molecule has 0 aromatic rings. The molecule has 0 aromatic carbocycles. The highest BCUT2D eigenvalue weighted by Crippen LogP contribution is 2.29. The molecule has 10 nitrogen and oxygen atoms in total. The van der Waals surface area contributed by atoms with Crippen molar-refractivity contribution in [2.24, 2.45) is 5.11 Å². The average molecular weight is 315 g/mol. The van der Waals surface area contributed by atoms with Crippen molar-refractivity contribution in [2.45, 2.75) is 58.3 Å². The van der Waals surface area contributed by atoms with E-state index in [0.717, 1.165) is 13.8 Å². The Morgan fingerprint density at radius 3 is 1.86 bits per heavy atom. The first-order valence-corrected chi connectivity index (χ1v) is 6.47. The van der Waals surface area contributed by atoms with Gasteiger partial charge in [0.05, 0.1) is 6.10 Å². The van der Waals surface area contributed by atoms with Crippen molar-refractivity contribution in [3.8, 4) is 0 Å². The molecule has 0 aromatic heterocycles. The van der Waals surface area contributed by atoms with Crippen LogP contribution < -0.4 is 0 Å². The second-order valence-electron chi connectivity index (χ2n) is 4.66. The van der Waals surface area contributed by atoms with Crippen molar-refractivity contribution in [2.75, 3.05) is 0 Å². The van der Waals surface area contributed by atoms with Crippen LogP contribution in [0, 0.1) is 0 Å². The van der Waals surface area contributed by atoms with Gasteiger partial charge in [-0.1, -0.05) is 5.11 Å². The number of nitrogens with zero attached hydrogens (tertiary/aromatic N) is 3. The fourth-order valence-corrected chi connectivity index (χ4v) is 2.13. The maximum atomic E-state index is 11.3. The summed E-state index contributed by atoms with van der Waals surface area (Å²) in [6.07, 6.45) is -5.33.